The number of carboxylic acids is 1. The lowest BCUT2D eigenvalue weighted by atomic mass is 9.96. The van der Waals surface area contributed by atoms with E-state index >= 15 is 0 Å². The molecule has 0 saturated heterocycles. The van der Waals surface area contributed by atoms with Crippen molar-refractivity contribution in [1.29, 1.82) is 0 Å². The van der Waals surface area contributed by atoms with Gasteiger partial charge in [-0.1, -0.05) is 36.7 Å². The van der Waals surface area contributed by atoms with Crippen LogP contribution in [-0.2, 0) is 4.79 Å². The van der Waals surface area contributed by atoms with Crippen molar-refractivity contribution in [2.75, 3.05) is 5.32 Å². The van der Waals surface area contributed by atoms with E-state index in [4.69, 9.17) is 11.6 Å². The van der Waals surface area contributed by atoms with Crippen LogP contribution in [0.3, 0.4) is 0 Å². The number of hydrogen-bond acceptors (Lipinski definition) is 4. The summed E-state index contributed by atoms with van der Waals surface area (Å²) in [5.74, 6) is -3.38. The average molecular weight is 393 g/mol. The maximum atomic E-state index is 14.4. The first kappa shape index (κ1) is 18.3. The number of benzene rings is 2. The smallest absolute Gasteiger partial charge is 0.311 e. The van der Waals surface area contributed by atoms with Gasteiger partial charge in [-0.05, 0) is 36.2 Å². The zero-order chi connectivity index (χ0) is 18.8. The fourth-order valence-corrected chi connectivity index (χ4v) is 3.68. The molecule has 1 aromatic heterocycles. The minimum absolute atomic E-state index is 0.0119. The Labute approximate surface area is 157 Å². The van der Waals surface area contributed by atoms with Crippen LogP contribution >= 0.6 is 23.1 Å². The van der Waals surface area contributed by atoms with Crippen LogP contribution in [0.5, 0.6) is 0 Å². The van der Waals surface area contributed by atoms with Crippen molar-refractivity contribution in [3.05, 3.63) is 58.5 Å². The summed E-state index contributed by atoms with van der Waals surface area (Å²) < 4.78 is 19.4. The zero-order valence-electron chi connectivity index (χ0n) is 13.6. The number of fused-ring (bicyclic) bond motifs is 1. The van der Waals surface area contributed by atoms with E-state index in [1.165, 1.54) is 17.6 Å². The summed E-state index contributed by atoms with van der Waals surface area (Å²) in [6.07, 6.45) is 0.221. The third-order valence-electron chi connectivity index (χ3n) is 4.01. The average Bonchev–Trinajstić information content (AvgIpc) is 3.03. The molecule has 1 amide bonds. The maximum absolute atomic E-state index is 14.4. The molecule has 3 rings (SSSR count). The number of hydrogen-bond donors (Lipinski definition) is 2. The topological polar surface area (TPSA) is 79.3 Å². The van der Waals surface area contributed by atoms with Crippen LogP contribution in [0, 0.1) is 5.82 Å². The minimum atomic E-state index is -1.13. The molecule has 8 heteroatoms. The van der Waals surface area contributed by atoms with E-state index < -0.39 is 23.6 Å². The third kappa shape index (κ3) is 3.40. The summed E-state index contributed by atoms with van der Waals surface area (Å²) in [5.41, 5.74) is 0.278. The highest BCUT2D eigenvalue weighted by molar-refractivity contribution is 7.13. The number of amides is 1. The first-order valence-electron chi connectivity index (χ1n) is 7.79. The number of carbonyl (C=O) groups excluding carboxylic acids is 1. The standard InChI is InChI=1S/C18H14ClFN2O3S/c1-2-9(18(24)25)11-7-12(19)14(8-13(11)20)21-17(23)16-10-5-3-4-6-15(10)26-22-16/h3-9H,2H2,1H3,(H,21,23)(H,24,25). The monoisotopic (exact) mass is 392 g/mol. The Hall–Kier alpha value is -2.51. The van der Waals surface area contributed by atoms with Gasteiger partial charge in [-0.2, -0.15) is 4.37 Å². The van der Waals surface area contributed by atoms with Crippen LogP contribution in [0.2, 0.25) is 5.02 Å². The molecule has 0 spiro atoms. The van der Waals surface area contributed by atoms with Gasteiger partial charge in [0.15, 0.2) is 0 Å². The second-order valence-electron chi connectivity index (χ2n) is 5.63. The lowest BCUT2D eigenvalue weighted by Crippen LogP contribution is -2.15. The molecule has 0 radical (unpaired) electrons. The highest BCUT2D eigenvalue weighted by atomic mass is 35.5. The number of aliphatic carboxylic acids is 1. The van der Waals surface area contributed by atoms with Crippen LogP contribution in [0.25, 0.3) is 10.1 Å². The Bertz CT molecular complexity index is 1010. The second kappa shape index (κ2) is 7.39. The van der Waals surface area contributed by atoms with Gasteiger partial charge >= 0.3 is 5.97 Å². The van der Waals surface area contributed by atoms with Crippen molar-refractivity contribution < 1.29 is 19.1 Å². The minimum Gasteiger partial charge on any atom is -0.481 e. The lowest BCUT2D eigenvalue weighted by molar-refractivity contribution is -0.138. The van der Waals surface area contributed by atoms with Crippen molar-refractivity contribution in [3.8, 4) is 0 Å². The summed E-state index contributed by atoms with van der Waals surface area (Å²) >= 11 is 7.33. The summed E-state index contributed by atoms with van der Waals surface area (Å²) in [5, 5.41) is 12.5. The third-order valence-corrected chi connectivity index (χ3v) is 5.15. The van der Waals surface area contributed by atoms with Crippen molar-refractivity contribution in [2.45, 2.75) is 19.3 Å². The largest absolute Gasteiger partial charge is 0.481 e. The lowest BCUT2D eigenvalue weighted by Gasteiger charge is -2.14. The number of nitrogens with one attached hydrogen (secondary N) is 1. The molecular formula is C18H14ClFN2O3S. The molecular weight excluding hydrogens is 379 g/mol. The number of anilines is 1. The highest BCUT2D eigenvalue weighted by Gasteiger charge is 2.24. The summed E-state index contributed by atoms with van der Waals surface area (Å²) in [6.45, 7) is 1.65. The molecule has 1 atom stereocenters. The molecule has 0 aliphatic rings. The SMILES string of the molecule is CCC(C(=O)O)c1cc(Cl)c(NC(=O)c2nsc3ccccc23)cc1F. The van der Waals surface area contributed by atoms with E-state index in [1.807, 2.05) is 12.1 Å². The van der Waals surface area contributed by atoms with Crippen molar-refractivity contribution >= 4 is 50.8 Å². The molecule has 0 fully saturated rings. The van der Waals surface area contributed by atoms with Crippen LogP contribution in [0.1, 0.15) is 35.3 Å². The van der Waals surface area contributed by atoms with E-state index in [0.29, 0.717) is 5.39 Å². The molecule has 1 heterocycles. The fourth-order valence-electron chi connectivity index (χ4n) is 2.68. The molecule has 0 aliphatic heterocycles. The zero-order valence-corrected chi connectivity index (χ0v) is 15.2. The molecule has 26 heavy (non-hydrogen) atoms. The van der Waals surface area contributed by atoms with E-state index in [9.17, 15) is 19.1 Å². The number of aromatic nitrogens is 1. The van der Waals surface area contributed by atoms with Crippen LogP contribution < -0.4 is 5.32 Å². The molecule has 1 unspecified atom stereocenters. The van der Waals surface area contributed by atoms with Gasteiger partial charge in [-0.3, -0.25) is 9.59 Å². The second-order valence-corrected chi connectivity index (χ2v) is 6.85. The van der Waals surface area contributed by atoms with Gasteiger partial charge in [0.25, 0.3) is 5.91 Å². The Kier molecular flexibility index (Phi) is 5.20. The molecule has 0 aliphatic carbocycles. The van der Waals surface area contributed by atoms with E-state index in [0.717, 1.165) is 10.8 Å². The predicted octanol–water partition coefficient (Wildman–Crippen LogP) is 4.92. The van der Waals surface area contributed by atoms with E-state index in [2.05, 4.69) is 9.69 Å². The van der Waals surface area contributed by atoms with Crippen molar-refractivity contribution in [3.63, 3.8) is 0 Å². The van der Waals surface area contributed by atoms with Crippen molar-refractivity contribution in [2.24, 2.45) is 0 Å². The van der Waals surface area contributed by atoms with Crippen LogP contribution in [-0.4, -0.2) is 21.4 Å². The molecule has 134 valence electrons. The van der Waals surface area contributed by atoms with Crippen molar-refractivity contribution in [1.82, 2.24) is 4.37 Å². The molecule has 3 aromatic rings. The van der Waals surface area contributed by atoms with Gasteiger partial charge in [0, 0.05) is 10.9 Å². The Morgan fingerprint density at radius 3 is 2.77 bits per heavy atom. The number of carbonyl (C=O) groups is 2. The van der Waals surface area contributed by atoms with E-state index in [1.54, 1.807) is 19.1 Å². The number of carboxylic acid groups (broad SMARTS) is 1. The molecule has 2 aromatic carbocycles. The van der Waals surface area contributed by atoms with Gasteiger partial charge in [0.2, 0.25) is 0 Å². The quantitative estimate of drug-likeness (QED) is 0.646. The van der Waals surface area contributed by atoms with Gasteiger partial charge in [0.05, 0.1) is 21.3 Å². The van der Waals surface area contributed by atoms with Crippen LogP contribution in [0.15, 0.2) is 36.4 Å². The maximum Gasteiger partial charge on any atom is 0.311 e. The molecule has 2 N–H and O–H groups in total. The normalized spacial score (nSPS) is 12.1. The summed E-state index contributed by atoms with van der Waals surface area (Å²) in [7, 11) is 0. The van der Waals surface area contributed by atoms with Crippen LogP contribution in [0.4, 0.5) is 10.1 Å². The van der Waals surface area contributed by atoms with Gasteiger partial charge < -0.3 is 10.4 Å². The number of halogens is 2. The number of rotatable bonds is 5. The van der Waals surface area contributed by atoms with E-state index in [-0.39, 0.29) is 28.4 Å². The predicted molar refractivity (Wildman–Crippen MR) is 99.7 cm³/mol. The van der Waals surface area contributed by atoms with Gasteiger partial charge in [-0.15, -0.1) is 0 Å². The summed E-state index contributed by atoms with van der Waals surface area (Å²) in [6, 6.07) is 9.55. The highest BCUT2D eigenvalue weighted by Crippen LogP contribution is 2.32. The Morgan fingerprint density at radius 2 is 2.08 bits per heavy atom. The molecule has 5 nitrogen and oxygen atoms in total. The van der Waals surface area contributed by atoms with Gasteiger partial charge in [-0.25, -0.2) is 4.39 Å². The number of nitrogens with zero attached hydrogens (tertiary/aromatic N) is 1. The molecule has 0 saturated carbocycles. The first-order chi connectivity index (χ1) is 12.4. The summed E-state index contributed by atoms with van der Waals surface area (Å²) in [4.78, 5) is 23.7. The van der Waals surface area contributed by atoms with Gasteiger partial charge in [0.1, 0.15) is 11.5 Å². The molecule has 0 bridgehead atoms. The Balaban J connectivity index is 1.92. The fraction of sp³-hybridized carbons (Fsp3) is 0.167. The Morgan fingerprint density at radius 1 is 1.35 bits per heavy atom. The first-order valence-corrected chi connectivity index (χ1v) is 8.95.